The van der Waals surface area contributed by atoms with Crippen LogP contribution in [0.5, 0.6) is 0 Å². The number of halogens is 3. The molecule has 0 amide bonds. The highest BCUT2D eigenvalue weighted by Crippen LogP contribution is 2.18. The van der Waals surface area contributed by atoms with Gasteiger partial charge in [-0.25, -0.2) is 9.38 Å². The van der Waals surface area contributed by atoms with E-state index >= 15 is 0 Å². The van der Waals surface area contributed by atoms with Crippen molar-refractivity contribution in [2.45, 2.75) is 26.3 Å². The van der Waals surface area contributed by atoms with Crippen molar-refractivity contribution in [3.05, 3.63) is 34.1 Å². The van der Waals surface area contributed by atoms with Crippen LogP contribution in [-0.2, 0) is 16.0 Å². The molecule has 1 atom stereocenters. The molecule has 148 valence electrons. The Labute approximate surface area is 180 Å². The van der Waals surface area contributed by atoms with Gasteiger partial charge in [0.25, 0.3) is 0 Å². The van der Waals surface area contributed by atoms with Crippen LogP contribution in [0.4, 0.5) is 4.39 Å². The monoisotopic (exact) mass is 543 g/mol. The molecule has 1 fully saturated rings. The van der Waals surface area contributed by atoms with Crippen LogP contribution in [0.2, 0.25) is 0 Å². The number of nitrogens with zero attached hydrogens (tertiary/aromatic N) is 1. The highest BCUT2D eigenvalue weighted by atomic mass is 127. The maximum absolute atomic E-state index is 13.3. The second-order valence-electron chi connectivity index (χ2n) is 6.02. The minimum Gasteiger partial charge on any atom is -0.381 e. The summed E-state index contributed by atoms with van der Waals surface area (Å²) >= 11 is 3.43. The molecule has 0 aromatic heterocycles. The van der Waals surface area contributed by atoms with Crippen LogP contribution in [-0.4, -0.2) is 45.5 Å². The van der Waals surface area contributed by atoms with Gasteiger partial charge < -0.3 is 20.1 Å². The number of hydrogen-bond acceptors (Lipinski definition) is 3. The summed E-state index contributed by atoms with van der Waals surface area (Å²) < 4.78 is 25.2. The van der Waals surface area contributed by atoms with Crippen LogP contribution in [0.3, 0.4) is 0 Å². The Balaban J connectivity index is 0.00000338. The van der Waals surface area contributed by atoms with Crippen molar-refractivity contribution in [2.24, 2.45) is 10.9 Å². The average Bonchev–Trinajstić information content (AvgIpc) is 3.11. The van der Waals surface area contributed by atoms with Gasteiger partial charge in [0.2, 0.25) is 0 Å². The standard InChI is InChI=1S/C18H27BrFN3O2.HI/c1-2-21-18(23-11-15-10-16(20)4-5-17(15)19)22-7-3-8-24-12-14-6-9-25-13-14;/h4-5,10,14H,2-3,6-9,11-13H2,1H3,(H2,21,22,23);1H. The number of benzene rings is 1. The Bertz CT molecular complexity index is 557. The summed E-state index contributed by atoms with van der Waals surface area (Å²) in [5.41, 5.74) is 0.819. The Morgan fingerprint density at radius 1 is 1.42 bits per heavy atom. The number of guanidine groups is 1. The normalized spacial score (nSPS) is 17.0. The minimum absolute atomic E-state index is 0. The molecule has 1 aliphatic heterocycles. The van der Waals surface area contributed by atoms with Crippen molar-refractivity contribution < 1.29 is 13.9 Å². The zero-order valence-corrected chi connectivity index (χ0v) is 19.0. The maximum atomic E-state index is 13.3. The van der Waals surface area contributed by atoms with E-state index < -0.39 is 0 Å². The lowest BCUT2D eigenvalue weighted by Crippen LogP contribution is -2.38. The number of ether oxygens (including phenoxy) is 2. The number of aliphatic imine (C=N–C) groups is 1. The van der Waals surface area contributed by atoms with Crippen molar-refractivity contribution in [3.8, 4) is 0 Å². The van der Waals surface area contributed by atoms with E-state index in [0.29, 0.717) is 12.5 Å². The van der Waals surface area contributed by atoms with E-state index in [-0.39, 0.29) is 29.8 Å². The van der Waals surface area contributed by atoms with Crippen LogP contribution in [0.15, 0.2) is 27.7 Å². The summed E-state index contributed by atoms with van der Waals surface area (Å²) in [5, 5.41) is 6.47. The highest BCUT2D eigenvalue weighted by molar-refractivity contribution is 14.0. The van der Waals surface area contributed by atoms with Gasteiger partial charge in [0, 0.05) is 36.7 Å². The fourth-order valence-electron chi connectivity index (χ4n) is 2.52. The SMILES string of the molecule is CCNC(=NCc1cc(F)ccc1Br)NCCCOCC1CCOC1.I. The lowest BCUT2D eigenvalue weighted by atomic mass is 10.1. The van der Waals surface area contributed by atoms with Crippen LogP contribution < -0.4 is 10.6 Å². The fraction of sp³-hybridized carbons (Fsp3) is 0.611. The molecular weight excluding hydrogens is 516 g/mol. The first-order valence-electron chi connectivity index (χ1n) is 8.80. The van der Waals surface area contributed by atoms with E-state index in [9.17, 15) is 4.39 Å². The number of nitrogens with one attached hydrogen (secondary N) is 2. The summed E-state index contributed by atoms with van der Waals surface area (Å²) in [6, 6.07) is 4.63. The molecule has 0 saturated carbocycles. The Hall–Kier alpha value is -0.450. The number of rotatable bonds is 9. The molecule has 0 bridgehead atoms. The first kappa shape index (κ1) is 23.6. The largest absolute Gasteiger partial charge is 0.381 e. The van der Waals surface area contributed by atoms with Crippen LogP contribution in [0.1, 0.15) is 25.3 Å². The van der Waals surface area contributed by atoms with E-state index in [4.69, 9.17) is 9.47 Å². The van der Waals surface area contributed by atoms with Crippen molar-refractivity contribution >= 4 is 45.9 Å². The zero-order valence-electron chi connectivity index (χ0n) is 15.1. The molecule has 2 rings (SSSR count). The van der Waals surface area contributed by atoms with Crippen LogP contribution >= 0.6 is 39.9 Å². The Morgan fingerprint density at radius 2 is 2.27 bits per heavy atom. The Kier molecular flexibility index (Phi) is 12.4. The van der Waals surface area contributed by atoms with Gasteiger partial charge in [-0.1, -0.05) is 15.9 Å². The van der Waals surface area contributed by atoms with Crippen molar-refractivity contribution in [2.75, 3.05) is 39.5 Å². The third-order valence-electron chi connectivity index (χ3n) is 3.89. The Morgan fingerprint density at radius 3 is 3.00 bits per heavy atom. The molecule has 1 aromatic carbocycles. The third kappa shape index (κ3) is 8.96. The van der Waals surface area contributed by atoms with Gasteiger partial charge in [0.15, 0.2) is 5.96 Å². The summed E-state index contributed by atoms with van der Waals surface area (Å²) in [4.78, 5) is 4.51. The van der Waals surface area contributed by atoms with Gasteiger partial charge in [-0.2, -0.15) is 0 Å². The fourth-order valence-corrected chi connectivity index (χ4v) is 2.89. The summed E-state index contributed by atoms with van der Waals surface area (Å²) in [5.74, 6) is 1.02. The van der Waals surface area contributed by atoms with Gasteiger partial charge >= 0.3 is 0 Å². The lowest BCUT2D eigenvalue weighted by Gasteiger charge is -2.12. The van der Waals surface area contributed by atoms with Crippen molar-refractivity contribution in [3.63, 3.8) is 0 Å². The molecule has 1 aromatic rings. The maximum Gasteiger partial charge on any atom is 0.191 e. The average molecular weight is 544 g/mol. The van der Waals surface area contributed by atoms with E-state index in [0.717, 1.165) is 68.4 Å². The third-order valence-corrected chi connectivity index (χ3v) is 4.67. The van der Waals surface area contributed by atoms with Gasteiger partial charge in [-0.3, -0.25) is 0 Å². The van der Waals surface area contributed by atoms with Gasteiger partial charge in [-0.05, 0) is 43.5 Å². The molecule has 0 radical (unpaired) electrons. The first-order valence-corrected chi connectivity index (χ1v) is 9.60. The molecule has 1 unspecified atom stereocenters. The second kappa shape index (κ2) is 13.7. The van der Waals surface area contributed by atoms with E-state index in [2.05, 4.69) is 31.6 Å². The molecule has 1 heterocycles. The lowest BCUT2D eigenvalue weighted by molar-refractivity contribution is 0.0888. The molecular formula is C18H28BrFIN3O2. The van der Waals surface area contributed by atoms with Gasteiger partial charge in [0.05, 0.1) is 19.8 Å². The van der Waals surface area contributed by atoms with Crippen molar-refractivity contribution in [1.29, 1.82) is 0 Å². The van der Waals surface area contributed by atoms with E-state index in [1.165, 1.54) is 12.1 Å². The van der Waals surface area contributed by atoms with Crippen LogP contribution in [0.25, 0.3) is 0 Å². The van der Waals surface area contributed by atoms with Gasteiger partial charge in [-0.15, -0.1) is 24.0 Å². The summed E-state index contributed by atoms with van der Waals surface area (Å²) in [7, 11) is 0. The topological polar surface area (TPSA) is 54.9 Å². The molecule has 2 N–H and O–H groups in total. The molecule has 8 heteroatoms. The quantitative estimate of drug-likeness (QED) is 0.216. The number of hydrogen-bond donors (Lipinski definition) is 2. The molecule has 0 spiro atoms. The zero-order chi connectivity index (χ0) is 17.9. The molecule has 1 aliphatic rings. The molecule has 5 nitrogen and oxygen atoms in total. The predicted molar refractivity (Wildman–Crippen MR) is 117 cm³/mol. The van der Waals surface area contributed by atoms with Crippen LogP contribution in [0, 0.1) is 11.7 Å². The van der Waals surface area contributed by atoms with E-state index in [1.54, 1.807) is 6.07 Å². The smallest absolute Gasteiger partial charge is 0.191 e. The first-order chi connectivity index (χ1) is 12.2. The summed E-state index contributed by atoms with van der Waals surface area (Å²) in [6.45, 7) is 7.16. The molecule has 0 aliphatic carbocycles. The van der Waals surface area contributed by atoms with Gasteiger partial charge in [0.1, 0.15) is 5.82 Å². The predicted octanol–water partition coefficient (Wildman–Crippen LogP) is 3.70. The highest BCUT2D eigenvalue weighted by Gasteiger charge is 2.15. The minimum atomic E-state index is -0.254. The van der Waals surface area contributed by atoms with E-state index in [1.807, 2.05) is 6.92 Å². The molecule has 26 heavy (non-hydrogen) atoms. The van der Waals surface area contributed by atoms with Crippen molar-refractivity contribution in [1.82, 2.24) is 10.6 Å². The second-order valence-corrected chi connectivity index (χ2v) is 6.87. The molecule has 1 saturated heterocycles. The summed E-state index contributed by atoms with van der Waals surface area (Å²) in [6.07, 6.45) is 2.01.